The zero-order valence-corrected chi connectivity index (χ0v) is 16.0. The van der Waals surface area contributed by atoms with Gasteiger partial charge in [-0.1, -0.05) is 18.2 Å². The van der Waals surface area contributed by atoms with Crippen molar-refractivity contribution in [3.05, 3.63) is 72.2 Å². The van der Waals surface area contributed by atoms with Crippen LogP contribution in [0.2, 0.25) is 0 Å². The Hall–Kier alpha value is -3.25. The third kappa shape index (κ3) is 3.59. The van der Waals surface area contributed by atoms with Gasteiger partial charge in [0, 0.05) is 47.9 Å². The maximum atomic E-state index is 12.8. The van der Waals surface area contributed by atoms with Crippen molar-refractivity contribution in [3.8, 4) is 11.5 Å². The molecule has 1 atom stereocenters. The lowest BCUT2D eigenvalue weighted by molar-refractivity contribution is 0.0811. The number of para-hydroxylation sites is 1. The van der Waals surface area contributed by atoms with Crippen LogP contribution in [0.25, 0.3) is 22.4 Å². The number of fused-ring (bicyclic) bond motifs is 1. The normalized spacial score (nSPS) is 17.6. The number of hydrogen-bond donors (Lipinski definition) is 1. The van der Waals surface area contributed by atoms with E-state index in [0.29, 0.717) is 5.56 Å². The molecule has 0 amide bonds. The Morgan fingerprint density at radius 2 is 2.14 bits per heavy atom. The number of Topliss-reactive ketones (excluding diaryl/α,β-unsaturated/α-hetero) is 1. The lowest BCUT2D eigenvalue weighted by atomic mass is 9.90. The predicted molar refractivity (Wildman–Crippen MR) is 110 cm³/mol. The van der Waals surface area contributed by atoms with Crippen molar-refractivity contribution in [3.63, 3.8) is 0 Å². The number of furan rings is 1. The molecule has 1 aliphatic rings. The van der Waals surface area contributed by atoms with Crippen molar-refractivity contribution < 1.29 is 9.21 Å². The van der Waals surface area contributed by atoms with Crippen LogP contribution >= 0.6 is 0 Å². The number of piperidine rings is 1. The largest absolute Gasteiger partial charge is 0.454 e. The first-order valence-electron chi connectivity index (χ1n) is 9.96. The number of nitrogens with zero attached hydrogens (tertiary/aromatic N) is 3. The van der Waals surface area contributed by atoms with E-state index in [9.17, 15) is 4.79 Å². The number of pyridine rings is 1. The number of nitrogens with one attached hydrogen (secondary N) is 1. The maximum Gasteiger partial charge on any atom is 0.168 e. The van der Waals surface area contributed by atoms with Crippen molar-refractivity contribution in [1.82, 2.24) is 20.1 Å². The molecule has 146 valence electrons. The van der Waals surface area contributed by atoms with Crippen molar-refractivity contribution >= 4 is 16.8 Å². The van der Waals surface area contributed by atoms with Gasteiger partial charge in [-0.3, -0.25) is 19.8 Å². The Bertz CT molecular complexity index is 1100. The topological polar surface area (TPSA) is 75.0 Å². The molecule has 1 saturated heterocycles. The van der Waals surface area contributed by atoms with Crippen LogP contribution in [0.15, 0.2) is 65.5 Å². The summed E-state index contributed by atoms with van der Waals surface area (Å²) >= 11 is 0. The molecular weight excluding hydrogens is 364 g/mol. The van der Waals surface area contributed by atoms with Gasteiger partial charge in [-0.25, -0.2) is 0 Å². The van der Waals surface area contributed by atoms with Gasteiger partial charge in [-0.05, 0) is 43.7 Å². The van der Waals surface area contributed by atoms with Gasteiger partial charge in [-0.2, -0.15) is 5.10 Å². The Morgan fingerprint density at radius 1 is 1.21 bits per heavy atom. The van der Waals surface area contributed by atoms with E-state index in [2.05, 4.69) is 20.1 Å². The maximum absolute atomic E-state index is 12.8. The lowest BCUT2D eigenvalue weighted by Crippen LogP contribution is -2.38. The fourth-order valence-corrected chi connectivity index (χ4v) is 4.15. The number of hydrogen-bond acceptors (Lipinski definition) is 5. The molecule has 0 radical (unpaired) electrons. The van der Waals surface area contributed by atoms with Gasteiger partial charge in [0.25, 0.3) is 0 Å². The SMILES string of the molecule is O=C(c1cccnc1)[C@H]1CCCN(Cc2cn[nH]c2-c2cc3ccccc3o2)C1. The van der Waals surface area contributed by atoms with Crippen LogP contribution in [-0.4, -0.2) is 39.0 Å². The number of ketones is 1. The van der Waals surface area contributed by atoms with Gasteiger partial charge in [0.15, 0.2) is 11.5 Å². The third-order valence-electron chi connectivity index (χ3n) is 5.61. The summed E-state index contributed by atoms with van der Waals surface area (Å²) in [4.78, 5) is 19.3. The molecule has 1 N–H and O–H groups in total. The number of carbonyl (C=O) groups excluding carboxylic acids is 1. The number of carbonyl (C=O) groups is 1. The van der Waals surface area contributed by atoms with Gasteiger partial charge >= 0.3 is 0 Å². The van der Waals surface area contributed by atoms with Crippen molar-refractivity contribution in [2.24, 2.45) is 5.92 Å². The van der Waals surface area contributed by atoms with Crippen LogP contribution < -0.4 is 0 Å². The summed E-state index contributed by atoms with van der Waals surface area (Å²) < 4.78 is 6.01. The summed E-state index contributed by atoms with van der Waals surface area (Å²) in [6, 6.07) is 13.7. The summed E-state index contributed by atoms with van der Waals surface area (Å²) in [6.45, 7) is 2.46. The minimum Gasteiger partial charge on any atom is -0.454 e. The van der Waals surface area contributed by atoms with Crippen molar-refractivity contribution in [2.75, 3.05) is 13.1 Å². The molecule has 6 heteroatoms. The summed E-state index contributed by atoms with van der Waals surface area (Å²) in [5, 5.41) is 8.41. The van der Waals surface area contributed by atoms with Crippen LogP contribution in [0, 0.1) is 5.92 Å². The Balaban J connectivity index is 1.33. The molecule has 0 bridgehead atoms. The molecule has 1 fully saturated rings. The number of likely N-dealkylation sites (tertiary alicyclic amines) is 1. The Morgan fingerprint density at radius 3 is 3.00 bits per heavy atom. The van der Waals surface area contributed by atoms with Crippen LogP contribution in [0.1, 0.15) is 28.8 Å². The lowest BCUT2D eigenvalue weighted by Gasteiger charge is -2.31. The average molecular weight is 386 g/mol. The first-order valence-corrected chi connectivity index (χ1v) is 9.96. The van der Waals surface area contributed by atoms with Gasteiger partial charge in [-0.15, -0.1) is 0 Å². The van der Waals surface area contributed by atoms with E-state index in [1.165, 1.54) is 0 Å². The number of aromatic nitrogens is 3. The number of benzene rings is 1. The van der Waals surface area contributed by atoms with Crippen molar-refractivity contribution in [1.29, 1.82) is 0 Å². The van der Waals surface area contributed by atoms with Gasteiger partial charge in [0.2, 0.25) is 0 Å². The molecule has 0 saturated carbocycles. The van der Waals surface area contributed by atoms with Crippen molar-refractivity contribution in [2.45, 2.75) is 19.4 Å². The standard InChI is InChI=1S/C23H22N4O2/c28-23(17-6-3-9-24-12-17)18-7-4-10-27(14-18)15-19-13-25-26-22(19)21-11-16-5-1-2-8-20(16)29-21/h1-3,5-6,8-9,11-13,18H,4,7,10,14-15H2,(H,25,26)/t18-/m0/s1. The second kappa shape index (κ2) is 7.64. The molecule has 29 heavy (non-hydrogen) atoms. The summed E-state index contributed by atoms with van der Waals surface area (Å²) in [5.41, 5.74) is 3.55. The fraction of sp³-hybridized carbons (Fsp3) is 0.261. The molecule has 4 aromatic rings. The third-order valence-corrected chi connectivity index (χ3v) is 5.61. The first kappa shape index (κ1) is 17.8. The Kier molecular flexibility index (Phi) is 4.69. The molecular formula is C23H22N4O2. The van der Waals surface area contributed by atoms with Crippen LogP contribution in [0.3, 0.4) is 0 Å². The van der Waals surface area contributed by atoms with E-state index in [4.69, 9.17) is 4.42 Å². The molecule has 3 aromatic heterocycles. The van der Waals surface area contributed by atoms with E-state index < -0.39 is 0 Å². The summed E-state index contributed by atoms with van der Waals surface area (Å²) in [5.74, 6) is 0.987. The van der Waals surface area contributed by atoms with E-state index in [1.54, 1.807) is 12.4 Å². The van der Waals surface area contributed by atoms with Crippen LogP contribution in [0.5, 0.6) is 0 Å². The molecule has 0 spiro atoms. The average Bonchev–Trinajstić information content (AvgIpc) is 3.40. The monoisotopic (exact) mass is 386 g/mol. The second-order valence-corrected chi connectivity index (χ2v) is 7.60. The van der Waals surface area contributed by atoms with E-state index in [-0.39, 0.29) is 11.7 Å². The quantitative estimate of drug-likeness (QED) is 0.517. The number of rotatable bonds is 5. The molecule has 1 aliphatic heterocycles. The second-order valence-electron chi connectivity index (χ2n) is 7.60. The Labute approximate surface area is 168 Å². The molecule has 6 nitrogen and oxygen atoms in total. The highest BCUT2D eigenvalue weighted by Gasteiger charge is 2.27. The van der Waals surface area contributed by atoms with Gasteiger partial charge in [0.05, 0.1) is 6.20 Å². The molecule has 0 aliphatic carbocycles. The van der Waals surface area contributed by atoms with Crippen LogP contribution in [0.4, 0.5) is 0 Å². The first-order chi connectivity index (χ1) is 14.3. The zero-order valence-electron chi connectivity index (χ0n) is 16.0. The predicted octanol–water partition coefficient (Wildman–Crippen LogP) is 4.31. The van der Waals surface area contributed by atoms with Crippen LogP contribution in [-0.2, 0) is 6.54 Å². The van der Waals surface area contributed by atoms with E-state index in [0.717, 1.165) is 60.5 Å². The molecule has 0 unspecified atom stereocenters. The highest BCUT2D eigenvalue weighted by Crippen LogP contribution is 2.30. The minimum absolute atomic E-state index is 0.00880. The summed E-state index contributed by atoms with van der Waals surface area (Å²) in [6.07, 6.45) is 7.15. The van der Waals surface area contributed by atoms with E-state index >= 15 is 0 Å². The number of aromatic amines is 1. The minimum atomic E-state index is 0.00880. The highest BCUT2D eigenvalue weighted by molar-refractivity contribution is 5.97. The smallest absolute Gasteiger partial charge is 0.168 e. The molecule has 5 rings (SSSR count). The van der Waals surface area contributed by atoms with Gasteiger partial charge in [0.1, 0.15) is 11.3 Å². The summed E-state index contributed by atoms with van der Waals surface area (Å²) in [7, 11) is 0. The highest BCUT2D eigenvalue weighted by atomic mass is 16.3. The fourth-order valence-electron chi connectivity index (χ4n) is 4.15. The molecule has 4 heterocycles. The number of H-pyrrole nitrogens is 1. The molecule has 1 aromatic carbocycles. The van der Waals surface area contributed by atoms with Gasteiger partial charge < -0.3 is 4.42 Å². The zero-order chi connectivity index (χ0) is 19.6. The van der Waals surface area contributed by atoms with E-state index in [1.807, 2.05) is 48.7 Å².